The maximum absolute atomic E-state index is 5.85. The summed E-state index contributed by atoms with van der Waals surface area (Å²) >= 11 is 1.76. The van der Waals surface area contributed by atoms with Crippen LogP contribution in [0, 0.1) is 13.8 Å². The van der Waals surface area contributed by atoms with E-state index >= 15 is 0 Å². The number of anilines is 1. The Bertz CT molecular complexity index is 444. The number of rotatable bonds is 1. The van der Waals surface area contributed by atoms with E-state index in [0.29, 0.717) is 0 Å². The van der Waals surface area contributed by atoms with Gasteiger partial charge < -0.3 is 5.73 Å². The van der Waals surface area contributed by atoms with Crippen LogP contribution in [-0.4, -0.2) is 0 Å². The minimum atomic E-state index is 0.878. The fraction of sp³-hybridized carbons (Fsp3) is 0.167. The molecule has 0 aliphatic rings. The predicted molar refractivity (Wildman–Crippen MR) is 63.6 cm³/mol. The molecule has 2 aromatic rings. The van der Waals surface area contributed by atoms with Crippen LogP contribution in [0.4, 0.5) is 5.69 Å². The number of nitrogen functional groups attached to an aromatic ring is 1. The zero-order valence-corrected chi connectivity index (χ0v) is 9.19. The van der Waals surface area contributed by atoms with Crippen molar-refractivity contribution in [2.45, 2.75) is 13.8 Å². The number of nitrogens with two attached hydrogens (primary N) is 1. The summed E-state index contributed by atoms with van der Waals surface area (Å²) in [6.07, 6.45) is 0. The molecule has 1 aromatic carbocycles. The highest BCUT2D eigenvalue weighted by molar-refractivity contribution is 7.13. The lowest BCUT2D eigenvalue weighted by atomic mass is 10.0. The van der Waals surface area contributed by atoms with Crippen LogP contribution in [0.25, 0.3) is 10.4 Å². The van der Waals surface area contributed by atoms with Gasteiger partial charge in [-0.05, 0) is 54.1 Å². The molecule has 0 fully saturated rings. The van der Waals surface area contributed by atoms with Crippen molar-refractivity contribution in [3.63, 3.8) is 0 Å². The third-order valence-electron chi connectivity index (χ3n) is 2.40. The molecule has 0 bridgehead atoms. The van der Waals surface area contributed by atoms with Crippen molar-refractivity contribution in [3.05, 3.63) is 40.8 Å². The largest absolute Gasteiger partial charge is 0.399 e. The van der Waals surface area contributed by atoms with E-state index < -0.39 is 0 Å². The lowest BCUT2D eigenvalue weighted by Gasteiger charge is -2.07. The average Bonchev–Trinajstić information content (AvgIpc) is 2.64. The molecule has 0 radical (unpaired) electrons. The van der Waals surface area contributed by atoms with E-state index in [1.165, 1.54) is 16.0 Å². The molecule has 0 saturated carbocycles. The van der Waals surface area contributed by atoms with Crippen molar-refractivity contribution in [1.82, 2.24) is 0 Å². The van der Waals surface area contributed by atoms with E-state index in [-0.39, 0.29) is 0 Å². The summed E-state index contributed by atoms with van der Waals surface area (Å²) in [6, 6.07) is 8.43. The van der Waals surface area contributed by atoms with Gasteiger partial charge >= 0.3 is 0 Å². The highest BCUT2D eigenvalue weighted by atomic mass is 32.1. The zero-order chi connectivity index (χ0) is 10.1. The van der Waals surface area contributed by atoms with E-state index in [2.05, 4.69) is 30.5 Å². The molecule has 2 N–H and O–H groups in total. The maximum atomic E-state index is 5.85. The number of benzene rings is 1. The Morgan fingerprint density at radius 3 is 2.57 bits per heavy atom. The topological polar surface area (TPSA) is 26.0 Å². The lowest BCUT2D eigenvalue weighted by molar-refractivity contribution is 1.40. The van der Waals surface area contributed by atoms with Crippen LogP contribution >= 0.6 is 11.3 Å². The van der Waals surface area contributed by atoms with E-state index in [1.54, 1.807) is 11.3 Å². The quantitative estimate of drug-likeness (QED) is 0.704. The highest BCUT2D eigenvalue weighted by Crippen LogP contribution is 2.30. The van der Waals surface area contributed by atoms with Crippen LogP contribution in [0.1, 0.15) is 11.1 Å². The standard InChI is InChI=1S/C12H13NS/c1-8-7-11(13)9(2)6-10(8)12-4-3-5-14-12/h3-7H,13H2,1-2H3. The Kier molecular flexibility index (Phi) is 2.30. The Labute approximate surface area is 88.2 Å². The summed E-state index contributed by atoms with van der Waals surface area (Å²) in [4.78, 5) is 1.31. The summed E-state index contributed by atoms with van der Waals surface area (Å²) in [6.45, 7) is 4.15. The summed E-state index contributed by atoms with van der Waals surface area (Å²) in [7, 11) is 0. The van der Waals surface area contributed by atoms with Crippen molar-refractivity contribution in [1.29, 1.82) is 0 Å². The zero-order valence-electron chi connectivity index (χ0n) is 8.37. The first kappa shape index (κ1) is 9.28. The van der Waals surface area contributed by atoms with Gasteiger partial charge in [0.05, 0.1) is 0 Å². The van der Waals surface area contributed by atoms with Crippen LogP contribution in [0.15, 0.2) is 29.6 Å². The van der Waals surface area contributed by atoms with Gasteiger partial charge in [0, 0.05) is 10.6 Å². The normalized spacial score (nSPS) is 10.4. The smallest absolute Gasteiger partial charge is 0.0346 e. The number of hydrogen-bond acceptors (Lipinski definition) is 2. The molecular weight excluding hydrogens is 190 g/mol. The molecule has 1 nitrogen and oxygen atoms in total. The van der Waals surface area contributed by atoms with Crippen molar-refractivity contribution in [2.75, 3.05) is 5.73 Å². The first-order valence-electron chi connectivity index (χ1n) is 4.59. The van der Waals surface area contributed by atoms with Gasteiger partial charge in [-0.2, -0.15) is 0 Å². The number of hydrogen-bond donors (Lipinski definition) is 1. The van der Waals surface area contributed by atoms with Gasteiger partial charge in [-0.1, -0.05) is 6.07 Å². The van der Waals surface area contributed by atoms with Crippen molar-refractivity contribution in [2.24, 2.45) is 0 Å². The van der Waals surface area contributed by atoms with Gasteiger partial charge in [0.2, 0.25) is 0 Å². The molecule has 1 aromatic heterocycles. The molecule has 2 heteroatoms. The first-order valence-corrected chi connectivity index (χ1v) is 5.47. The molecule has 0 aliphatic heterocycles. The van der Waals surface area contributed by atoms with E-state index in [0.717, 1.165) is 11.3 Å². The van der Waals surface area contributed by atoms with E-state index in [4.69, 9.17) is 5.73 Å². The molecule has 0 saturated heterocycles. The molecule has 14 heavy (non-hydrogen) atoms. The lowest BCUT2D eigenvalue weighted by Crippen LogP contribution is -1.92. The molecule has 72 valence electrons. The molecule has 1 heterocycles. The first-order chi connectivity index (χ1) is 6.68. The predicted octanol–water partition coefficient (Wildman–Crippen LogP) is 3.61. The monoisotopic (exact) mass is 203 g/mol. The van der Waals surface area contributed by atoms with Crippen LogP contribution in [0.5, 0.6) is 0 Å². The Balaban J connectivity index is 2.60. The summed E-state index contributed by atoms with van der Waals surface area (Å²) in [5.74, 6) is 0. The summed E-state index contributed by atoms with van der Waals surface area (Å²) in [5.41, 5.74) is 10.4. The second kappa shape index (κ2) is 3.46. The van der Waals surface area contributed by atoms with Gasteiger partial charge in [0.25, 0.3) is 0 Å². The van der Waals surface area contributed by atoms with Gasteiger partial charge in [0.15, 0.2) is 0 Å². The molecule has 0 unspecified atom stereocenters. The van der Waals surface area contributed by atoms with Crippen LogP contribution in [-0.2, 0) is 0 Å². The maximum Gasteiger partial charge on any atom is 0.0346 e. The van der Waals surface area contributed by atoms with Crippen molar-refractivity contribution >= 4 is 17.0 Å². The summed E-state index contributed by atoms with van der Waals surface area (Å²) in [5, 5.41) is 2.10. The fourth-order valence-electron chi connectivity index (χ4n) is 1.54. The van der Waals surface area contributed by atoms with Gasteiger partial charge in [-0.25, -0.2) is 0 Å². The number of thiophene rings is 1. The van der Waals surface area contributed by atoms with Crippen LogP contribution < -0.4 is 5.73 Å². The van der Waals surface area contributed by atoms with Crippen molar-refractivity contribution < 1.29 is 0 Å². The minimum Gasteiger partial charge on any atom is -0.399 e. The Morgan fingerprint density at radius 2 is 1.93 bits per heavy atom. The fourth-order valence-corrected chi connectivity index (χ4v) is 2.34. The SMILES string of the molecule is Cc1cc(-c2cccs2)c(C)cc1N. The average molecular weight is 203 g/mol. The number of aryl methyl sites for hydroxylation is 2. The van der Waals surface area contributed by atoms with Gasteiger partial charge in [0.1, 0.15) is 0 Å². The Hall–Kier alpha value is -1.28. The molecule has 0 amide bonds. The minimum absolute atomic E-state index is 0.878. The highest BCUT2D eigenvalue weighted by Gasteiger charge is 2.04. The third kappa shape index (κ3) is 1.53. The summed E-state index contributed by atoms with van der Waals surface area (Å²) < 4.78 is 0. The van der Waals surface area contributed by atoms with Crippen LogP contribution in [0.2, 0.25) is 0 Å². The van der Waals surface area contributed by atoms with Crippen LogP contribution in [0.3, 0.4) is 0 Å². The Morgan fingerprint density at radius 1 is 1.14 bits per heavy atom. The molecular formula is C12H13NS. The molecule has 2 rings (SSSR count). The van der Waals surface area contributed by atoms with E-state index in [9.17, 15) is 0 Å². The molecule has 0 aliphatic carbocycles. The third-order valence-corrected chi connectivity index (χ3v) is 3.30. The molecule has 0 atom stereocenters. The van der Waals surface area contributed by atoms with E-state index in [1.807, 2.05) is 13.0 Å². The van der Waals surface area contributed by atoms with Gasteiger partial charge in [-0.3, -0.25) is 0 Å². The van der Waals surface area contributed by atoms with Crippen molar-refractivity contribution in [3.8, 4) is 10.4 Å². The molecule has 0 spiro atoms. The second-order valence-corrected chi connectivity index (χ2v) is 4.45. The van der Waals surface area contributed by atoms with Gasteiger partial charge in [-0.15, -0.1) is 11.3 Å². The second-order valence-electron chi connectivity index (χ2n) is 3.50.